The van der Waals surface area contributed by atoms with E-state index in [1.807, 2.05) is 4.72 Å². The summed E-state index contributed by atoms with van der Waals surface area (Å²) in [5, 5.41) is 2.96. The Morgan fingerprint density at radius 2 is 1.59 bits per heavy atom. The van der Waals surface area contributed by atoms with Crippen molar-refractivity contribution in [2.24, 2.45) is 0 Å². The van der Waals surface area contributed by atoms with Crippen molar-refractivity contribution in [1.29, 1.82) is 0 Å². The Kier molecular flexibility index (Phi) is 7.41. The van der Waals surface area contributed by atoms with E-state index >= 15 is 0 Å². The quantitative estimate of drug-likeness (QED) is 0.625. The van der Waals surface area contributed by atoms with Gasteiger partial charge >= 0.3 is 6.16 Å². The molecule has 1 saturated carbocycles. The Balaban J connectivity index is 1.62. The van der Waals surface area contributed by atoms with Crippen LogP contribution in [0.15, 0.2) is 47.5 Å². The van der Waals surface area contributed by atoms with Crippen molar-refractivity contribution < 1.29 is 32.3 Å². The highest BCUT2D eigenvalue weighted by molar-refractivity contribution is 7.90. The molecule has 170 valence electrons. The number of rotatable bonds is 6. The van der Waals surface area contributed by atoms with E-state index in [1.165, 1.54) is 42.8 Å². The molecule has 0 bridgehead atoms. The first kappa shape index (κ1) is 23.2. The van der Waals surface area contributed by atoms with Crippen LogP contribution in [0.3, 0.4) is 0 Å². The van der Waals surface area contributed by atoms with Crippen molar-refractivity contribution in [2.75, 3.05) is 7.11 Å². The van der Waals surface area contributed by atoms with Gasteiger partial charge in [-0.2, -0.15) is 0 Å². The molecule has 0 saturated heterocycles. The number of aromatic nitrogens is 1. The van der Waals surface area contributed by atoms with Crippen LogP contribution in [-0.2, 0) is 14.8 Å². The van der Waals surface area contributed by atoms with Crippen LogP contribution in [0.1, 0.15) is 52.8 Å². The van der Waals surface area contributed by atoms with Crippen molar-refractivity contribution in [1.82, 2.24) is 15.0 Å². The Morgan fingerprint density at radius 3 is 2.19 bits per heavy atom. The number of nitrogens with one attached hydrogen (secondary N) is 2. The lowest BCUT2D eigenvalue weighted by molar-refractivity contribution is 0.0925. The third kappa shape index (κ3) is 6.03. The van der Waals surface area contributed by atoms with Crippen LogP contribution in [0, 0.1) is 0 Å². The molecule has 0 radical (unpaired) electrons. The molecular weight excluding hydrogens is 438 g/mol. The molecule has 1 aliphatic carbocycles. The van der Waals surface area contributed by atoms with E-state index in [0.29, 0.717) is 5.56 Å². The number of ether oxygens (including phenoxy) is 2. The van der Waals surface area contributed by atoms with Gasteiger partial charge in [0.15, 0.2) is 0 Å². The maximum Gasteiger partial charge on any atom is 0.514 e. The van der Waals surface area contributed by atoms with E-state index < -0.39 is 22.1 Å². The average Bonchev–Trinajstić information content (AvgIpc) is 2.80. The molecule has 3 rings (SSSR count). The third-order valence-electron chi connectivity index (χ3n) is 4.95. The number of methoxy groups -OCH3 is 1. The minimum atomic E-state index is -4.17. The molecule has 1 heterocycles. The van der Waals surface area contributed by atoms with Gasteiger partial charge in [0.25, 0.3) is 21.8 Å². The minimum absolute atomic E-state index is 0.0609. The van der Waals surface area contributed by atoms with Crippen molar-refractivity contribution in [3.8, 4) is 5.88 Å². The van der Waals surface area contributed by atoms with E-state index in [2.05, 4.69) is 15.0 Å². The van der Waals surface area contributed by atoms with Crippen LogP contribution < -0.4 is 14.8 Å². The first-order valence-electron chi connectivity index (χ1n) is 9.98. The van der Waals surface area contributed by atoms with Crippen LogP contribution >= 0.6 is 0 Å². The average molecular weight is 461 g/mol. The lowest BCUT2D eigenvalue weighted by Gasteiger charge is -2.22. The van der Waals surface area contributed by atoms with Crippen molar-refractivity contribution in [3.05, 3.63) is 53.7 Å². The van der Waals surface area contributed by atoms with Gasteiger partial charge in [0.1, 0.15) is 0 Å². The van der Waals surface area contributed by atoms with Crippen LogP contribution in [-0.4, -0.2) is 44.5 Å². The summed E-state index contributed by atoms with van der Waals surface area (Å²) >= 11 is 0. The summed E-state index contributed by atoms with van der Waals surface area (Å²) in [6, 6.07) is 7.92. The summed E-state index contributed by atoms with van der Waals surface area (Å²) in [6.07, 6.45) is 5.29. The topological polar surface area (TPSA) is 141 Å². The van der Waals surface area contributed by atoms with Crippen LogP contribution in [0.25, 0.3) is 0 Å². The van der Waals surface area contributed by atoms with Gasteiger partial charge in [-0.1, -0.05) is 19.3 Å². The number of pyridine rings is 1. The normalized spacial score (nSPS) is 14.3. The first-order chi connectivity index (χ1) is 15.3. The van der Waals surface area contributed by atoms with Gasteiger partial charge < -0.3 is 14.8 Å². The van der Waals surface area contributed by atoms with E-state index in [-0.39, 0.29) is 28.3 Å². The van der Waals surface area contributed by atoms with E-state index in [4.69, 9.17) is 4.74 Å². The second-order valence-electron chi connectivity index (χ2n) is 7.21. The number of hydrogen-bond acceptors (Lipinski definition) is 8. The number of hydrogen-bond donors (Lipinski definition) is 2. The zero-order valence-electron chi connectivity index (χ0n) is 17.4. The fourth-order valence-electron chi connectivity index (χ4n) is 3.24. The molecule has 0 aliphatic heterocycles. The van der Waals surface area contributed by atoms with Gasteiger partial charge in [0.05, 0.1) is 17.6 Å². The molecule has 2 aromatic rings. The van der Waals surface area contributed by atoms with Crippen molar-refractivity contribution in [2.45, 2.75) is 43.0 Å². The fraction of sp³-hybridized carbons (Fsp3) is 0.333. The van der Waals surface area contributed by atoms with Gasteiger partial charge in [-0.05, 0) is 43.2 Å². The number of amides is 2. The molecule has 32 heavy (non-hydrogen) atoms. The SMILES string of the molecule is COC(=O)Oc1ccc(C(=O)NS(=O)(=O)c2ccc(C(=O)NC3CCCCC3)cc2)cn1. The van der Waals surface area contributed by atoms with Crippen LogP contribution in [0.2, 0.25) is 0 Å². The number of nitrogens with zero attached hydrogens (tertiary/aromatic N) is 1. The molecule has 1 aromatic heterocycles. The second kappa shape index (κ2) is 10.2. The lowest BCUT2D eigenvalue weighted by Crippen LogP contribution is -2.36. The zero-order valence-corrected chi connectivity index (χ0v) is 18.2. The highest BCUT2D eigenvalue weighted by atomic mass is 32.2. The summed E-state index contributed by atoms with van der Waals surface area (Å²) in [5.74, 6) is -1.29. The number of carbonyl (C=O) groups is 3. The smallest absolute Gasteiger partial charge is 0.437 e. The number of sulfonamides is 1. The van der Waals surface area contributed by atoms with Gasteiger partial charge in [-0.3, -0.25) is 9.59 Å². The Morgan fingerprint density at radius 1 is 0.938 bits per heavy atom. The molecule has 10 nitrogen and oxygen atoms in total. The largest absolute Gasteiger partial charge is 0.514 e. The molecule has 2 amide bonds. The molecule has 0 spiro atoms. The van der Waals surface area contributed by atoms with Crippen LogP contribution in [0.4, 0.5) is 4.79 Å². The zero-order chi connectivity index (χ0) is 23.1. The highest BCUT2D eigenvalue weighted by Gasteiger charge is 2.21. The predicted molar refractivity (Wildman–Crippen MR) is 113 cm³/mol. The van der Waals surface area contributed by atoms with Gasteiger partial charge in [-0.15, -0.1) is 0 Å². The molecule has 1 aliphatic rings. The summed E-state index contributed by atoms with van der Waals surface area (Å²) in [4.78, 5) is 39.3. The first-order valence-corrected chi connectivity index (χ1v) is 11.5. The van der Waals surface area contributed by atoms with E-state index in [9.17, 15) is 22.8 Å². The second-order valence-corrected chi connectivity index (χ2v) is 8.89. The standard InChI is InChI=1S/C21H23N3O7S/c1-30-21(27)31-18-12-9-15(13-22-18)20(26)24-32(28,29)17-10-7-14(8-11-17)19(25)23-16-5-3-2-4-6-16/h7-13,16H,2-6H2,1H3,(H,23,25)(H,24,26). The van der Waals surface area contributed by atoms with Crippen molar-refractivity contribution in [3.63, 3.8) is 0 Å². The predicted octanol–water partition coefficient (Wildman–Crippen LogP) is 2.41. The summed E-state index contributed by atoms with van der Waals surface area (Å²) in [6.45, 7) is 0. The van der Waals surface area contributed by atoms with Gasteiger partial charge in [0.2, 0.25) is 5.88 Å². The molecule has 1 fully saturated rings. The fourth-order valence-corrected chi connectivity index (χ4v) is 4.22. The Labute approximate surface area is 185 Å². The summed E-state index contributed by atoms with van der Waals surface area (Å²) in [5.41, 5.74) is 0.278. The molecule has 11 heteroatoms. The Bertz CT molecular complexity index is 1080. The molecular formula is C21H23N3O7S. The monoisotopic (exact) mass is 461 g/mol. The highest BCUT2D eigenvalue weighted by Crippen LogP contribution is 2.18. The van der Waals surface area contributed by atoms with Gasteiger partial charge in [-0.25, -0.2) is 22.9 Å². The molecule has 0 unspecified atom stereocenters. The van der Waals surface area contributed by atoms with Crippen LogP contribution in [0.5, 0.6) is 5.88 Å². The van der Waals surface area contributed by atoms with E-state index in [1.54, 1.807) is 0 Å². The van der Waals surface area contributed by atoms with Crippen molar-refractivity contribution >= 4 is 28.0 Å². The Hall–Kier alpha value is -3.47. The minimum Gasteiger partial charge on any atom is -0.437 e. The summed E-state index contributed by atoms with van der Waals surface area (Å²) < 4.78 is 36.0. The maximum atomic E-state index is 12.5. The number of carbonyl (C=O) groups excluding carboxylic acids is 3. The molecule has 0 atom stereocenters. The summed E-state index contributed by atoms with van der Waals surface area (Å²) in [7, 11) is -3.05. The number of benzene rings is 1. The molecule has 2 N–H and O–H groups in total. The van der Waals surface area contributed by atoms with E-state index in [0.717, 1.165) is 39.0 Å². The maximum absolute atomic E-state index is 12.5. The lowest BCUT2D eigenvalue weighted by atomic mass is 9.95. The van der Waals surface area contributed by atoms with Gasteiger partial charge in [0, 0.05) is 23.9 Å². The third-order valence-corrected chi connectivity index (χ3v) is 6.29. The molecule has 1 aromatic carbocycles.